The number of alkyl halides is 6. The van der Waals surface area contributed by atoms with Crippen molar-refractivity contribution < 1.29 is 26.3 Å². The third kappa shape index (κ3) is 6.15. The third-order valence-electron chi connectivity index (χ3n) is 6.38. The van der Waals surface area contributed by atoms with Gasteiger partial charge in [0, 0.05) is 12.1 Å². The van der Waals surface area contributed by atoms with E-state index in [2.05, 4.69) is 11.9 Å². The maximum Gasteiger partial charge on any atom is 0.416 e. The first kappa shape index (κ1) is 27.5. The molecule has 0 atom stereocenters. The lowest BCUT2D eigenvalue weighted by atomic mass is 9.76. The lowest BCUT2D eigenvalue weighted by molar-refractivity contribution is -0.138. The number of nitrogens with zero attached hydrogens (tertiary/aromatic N) is 1. The Hall–Kier alpha value is -4.51. The minimum atomic E-state index is -4.68. The van der Waals surface area contributed by atoms with Gasteiger partial charge in [-0.15, -0.1) is 0 Å². The molecule has 4 aromatic rings. The first-order valence-corrected chi connectivity index (χ1v) is 11.8. The summed E-state index contributed by atoms with van der Waals surface area (Å²) in [5, 5.41) is 12.5. The van der Waals surface area contributed by atoms with E-state index < -0.39 is 29.0 Å². The summed E-state index contributed by atoms with van der Waals surface area (Å²) in [5.41, 5.74) is -1.63. The van der Waals surface area contributed by atoms with E-state index in [1.807, 2.05) is 6.07 Å². The van der Waals surface area contributed by atoms with E-state index in [1.54, 1.807) is 54.6 Å². The molecule has 4 rings (SSSR count). The molecule has 0 aliphatic carbocycles. The Kier molecular flexibility index (Phi) is 7.55. The monoisotopic (exact) mass is 536 g/mol. The Bertz CT molecular complexity index is 1460. The highest BCUT2D eigenvalue weighted by Crippen LogP contribution is 2.40. The summed E-state index contributed by atoms with van der Waals surface area (Å²) in [6.45, 7) is 4.06. The van der Waals surface area contributed by atoms with E-state index in [0.717, 1.165) is 24.3 Å². The molecular weight excluding hydrogens is 514 g/mol. The molecule has 0 saturated carbocycles. The summed E-state index contributed by atoms with van der Waals surface area (Å²) in [5.74, 6) is 0. The third-order valence-corrected chi connectivity index (χ3v) is 6.38. The zero-order valence-electron chi connectivity index (χ0n) is 20.4. The van der Waals surface area contributed by atoms with Gasteiger partial charge < -0.3 is 5.32 Å². The highest BCUT2D eigenvalue weighted by Gasteiger charge is 2.40. The van der Waals surface area contributed by atoms with Crippen LogP contribution in [0.1, 0.15) is 38.9 Å². The van der Waals surface area contributed by atoms with Crippen molar-refractivity contribution in [3.05, 3.63) is 149 Å². The van der Waals surface area contributed by atoms with E-state index >= 15 is 0 Å². The van der Waals surface area contributed by atoms with Gasteiger partial charge in [-0.3, -0.25) is 0 Å². The van der Waals surface area contributed by atoms with Crippen LogP contribution in [0.15, 0.2) is 110 Å². The molecule has 0 heterocycles. The molecule has 0 aliphatic heterocycles. The Balaban J connectivity index is 2.00. The molecule has 0 bridgehead atoms. The molecule has 8 heteroatoms. The molecule has 0 aromatic heterocycles. The number of nitrogens with one attached hydrogen (secondary N) is 1. The number of hydrogen-bond acceptors (Lipinski definition) is 2. The molecule has 2 nitrogen and oxygen atoms in total. The second-order valence-electron chi connectivity index (χ2n) is 9.02. The minimum Gasteiger partial charge on any atom is -0.371 e. The lowest BCUT2D eigenvalue weighted by Gasteiger charge is -2.39. The van der Waals surface area contributed by atoms with Gasteiger partial charge in [0.05, 0.1) is 28.3 Å². The summed E-state index contributed by atoms with van der Waals surface area (Å²) in [4.78, 5) is 0. The molecule has 0 aliphatic rings. The second kappa shape index (κ2) is 10.7. The van der Waals surface area contributed by atoms with E-state index in [4.69, 9.17) is 0 Å². The SMILES string of the molecule is C=C(NC(Cc1ccccc1)(c1cccc(C(F)(F)F)c1)c1cccc(C(F)(F)F)c1)c1cccc(C#N)c1. The number of nitriles is 1. The molecule has 0 amide bonds. The fourth-order valence-electron chi connectivity index (χ4n) is 4.49. The van der Waals surface area contributed by atoms with Gasteiger partial charge in [0.25, 0.3) is 0 Å². The molecule has 0 spiro atoms. The zero-order chi connectivity index (χ0) is 28.3. The van der Waals surface area contributed by atoms with Crippen LogP contribution in [0.4, 0.5) is 26.3 Å². The van der Waals surface area contributed by atoms with Gasteiger partial charge in [-0.25, -0.2) is 0 Å². The predicted molar refractivity (Wildman–Crippen MR) is 137 cm³/mol. The quantitative estimate of drug-likeness (QED) is 0.241. The first-order chi connectivity index (χ1) is 18.4. The van der Waals surface area contributed by atoms with Crippen LogP contribution in [-0.4, -0.2) is 0 Å². The summed E-state index contributed by atoms with van der Waals surface area (Å²) in [6, 6.07) is 26.2. The predicted octanol–water partition coefficient (Wildman–Crippen LogP) is 8.34. The van der Waals surface area contributed by atoms with Crippen molar-refractivity contribution >= 4 is 5.70 Å². The molecule has 1 N–H and O–H groups in total. The highest BCUT2D eigenvalue weighted by atomic mass is 19.4. The van der Waals surface area contributed by atoms with Crippen LogP contribution in [0, 0.1) is 11.3 Å². The average Bonchev–Trinajstić information content (AvgIpc) is 2.92. The molecule has 0 saturated heterocycles. The lowest BCUT2D eigenvalue weighted by Crippen LogP contribution is -2.44. The van der Waals surface area contributed by atoms with Crippen molar-refractivity contribution in [2.75, 3.05) is 0 Å². The summed E-state index contributed by atoms with van der Waals surface area (Å²) in [7, 11) is 0. The fraction of sp³-hybridized carbons (Fsp3) is 0.129. The number of rotatable bonds is 7. The average molecular weight is 537 g/mol. The summed E-state index contributed by atoms with van der Waals surface area (Å²) < 4.78 is 82.8. The fourth-order valence-corrected chi connectivity index (χ4v) is 4.49. The second-order valence-corrected chi connectivity index (χ2v) is 9.02. The largest absolute Gasteiger partial charge is 0.416 e. The maximum atomic E-state index is 13.8. The number of benzene rings is 4. The van der Waals surface area contributed by atoms with Crippen molar-refractivity contribution in [3.63, 3.8) is 0 Å². The van der Waals surface area contributed by atoms with Crippen LogP contribution in [-0.2, 0) is 24.3 Å². The Morgan fingerprint density at radius 3 is 1.69 bits per heavy atom. The topological polar surface area (TPSA) is 35.8 Å². The van der Waals surface area contributed by atoms with Gasteiger partial charge in [-0.05, 0) is 58.7 Å². The number of halogens is 6. The van der Waals surface area contributed by atoms with E-state index in [0.29, 0.717) is 16.7 Å². The molecule has 4 aromatic carbocycles. The first-order valence-electron chi connectivity index (χ1n) is 11.8. The smallest absolute Gasteiger partial charge is 0.371 e. The van der Waals surface area contributed by atoms with Gasteiger partial charge in [0.15, 0.2) is 0 Å². The Morgan fingerprint density at radius 1 is 0.667 bits per heavy atom. The van der Waals surface area contributed by atoms with Crippen molar-refractivity contribution in [2.45, 2.75) is 24.3 Å². The highest BCUT2D eigenvalue weighted by molar-refractivity contribution is 5.65. The van der Waals surface area contributed by atoms with E-state index in [9.17, 15) is 31.6 Å². The Labute approximate surface area is 221 Å². The molecule has 0 radical (unpaired) electrons. The molecule has 39 heavy (non-hydrogen) atoms. The van der Waals surface area contributed by atoms with E-state index in [1.165, 1.54) is 24.3 Å². The van der Waals surface area contributed by atoms with Crippen LogP contribution in [0.3, 0.4) is 0 Å². The van der Waals surface area contributed by atoms with Gasteiger partial charge in [0.1, 0.15) is 0 Å². The Morgan fingerprint density at radius 2 is 1.18 bits per heavy atom. The normalized spacial score (nSPS) is 12.0. The molecule has 0 fully saturated rings. The van der Waals surface area contributed by atoms with Crippen LogP contribution in [0.5, 0.6) is 0 Å². The standard InChI is InChI=1S/C31H22F6N2/c1-21(24-11-5-10-23(16-24)20-38)39-29(19-22-8-3-2-4-9-22,25-12-6-14-27(17-25)30(32,33)34)26-13-7-15-28(18-26)31(35,36)37/h2-18,39H,1,19H2. The maximum absolute atomic E-state index is 13.8. The van der Waals surface area contributed by atoms with Crippen molar-refractivity contribution in [3.8, 4) is 6.07 Å². The van der Waals surface area contributed by atoms with Crippen molar-refractivity contribution in [1.29, 1.82) is 5.26 Å². The zero-order valence-corrected chi connectivity index (χ0v) is 20.4. The van der Waals surface area contributed by atoms with Gasteiger partial charge in [-0.1, -0.05) is 73.3 Å². The molecule has 198 valence electrons. The van der Waals surface area contributed by atoms with Crippen LogP contribution >= 0.6 is 0 Å². The van der Waals surface area contributed by atoms with Crippen molar-refractivity contribution in [1.82, 2.24) is 5.32 Å². The molecular formula is C31H22F6N2. The van der Waals surface area contributed by atoms with Gasteiger partial charge in [0.2, 0.25) is 0 Å². The molecule has 0 unspecified atom stereocenters. The van der Waals surface area contributed by atoms with Gasteiger partial charge in [-0.2, -0.15) is 31.6 Å². The van der Waals surface area contributed by atoms with Crippen LogP contribution < -0.4 is 5.32 Å². The van der Waals surface area contributed by atoms with Crippen LogP contribution in [0.2, 0.25) is 0 Å². The van der Waals surface area contributed by atoms with Crippen LogP contribution in [0.25, 0.3) is 5.70 Å². The number of hydrogen-bond donors (Lipinski definition) is 1. The summed E-state index contributed by atoms with van der Waals surface area (Å²) in [6.07, 6.45) is -9.37. The van der Waals surface area contributed by atoms with Gasteiger partial charge >= 0.3 is 12.4 Å². The van der Waals surface area contributed by atoms with E-state index in [-0.39, 0.29) is 23.2 Å². The minimum absolute atomic E-state index is 0.00653. The van der Waals surface area contributed by atoms with Crippen molar-refractivity contribution in [2.24, 2.45) is 0 Å². The summed E-state index contributed by atoms with van der Waals surface area (Å²) >= 11 is 0.